The largest absolute Gasteiger partial charge is 0.445 e. The first-order valence-corrected chi connectivity index (χ1v) is 14.2. The zero-order valence-electron chi connectivity index (χ0n) is 20.8. The van der Waals surface area contributed by atoms with E-state index in [4.69, 9.17) is 9.26 Å². The van der Waals surface area contributed by atoms with Gasteiger partial charge in [-0.05, 0) is 52.1 Å². The average Bonchev–Trinajstić information content (AvgIpc) is 3.38. The second-order valence-electron chi connectivity index (χ2n) is 9.49. The minimum Gasteiger partial charge on any atom is -0.445 e. The molecule has 11 heteroatoms. The third-order valence-electron chi connectivity index (χ3n) is 7.47. The summed E-state index contributed by atoms with van der Waals surface area (Å²) in [6, 6.07) is 9.13. The Morgan fingerprint density at radius 1 is 1.11 bits per heavy atom. The summed E-state index contributed by atoms with van der Waals surface area (Å²) in [6.45, 7) is 7.68. The molecule has 0 saturated carbocycles. The van der Waals surface area contributed by atoms with Crippen molar-refractivity contribution in [1.29, 1.82) is 0 Å². The van der Waals surface area contributed by atoms with Crippen LogP contribution < -0.4 is 0 Å². The summed E-state index contributed by atoms with van der Waals surface area (Å²) in [5, 5.41) is 8.88. The first-order valence-electron chi connectivity index (χ1n) is 12.8. The van der Waals surface area contributed by atoms with Gasteiger partial charge in [-0.15, -0.1) is 5.10 Å². The molecular formula is C25H33N5O5S. The molecule has 1 unspecified atom stereocenters. The first-order chi connectivity index (χ1) is 17.4. The number of hydrogen-bond donors (Lipinski definition) is 0. The fourth-order valence-corrected chi connectivity index (χ4v) is 7.16. The molecule has 1 amide bonds. The van der Waals surface area contributed by atoms with Gasteiger partial charge in [0.05, 0.1) is 4.90 Å². The summed E-state index contributed by atoms with van der Waals surface area (Å²) in [5.41, 5.74) is 0.922. The van der Waals surface area contributed by atoms with E-state index in [2.05, 4.69) is 15.3 Å². The van der Waals surface area contributed by atoms with Crippen molar-refractivity contribution < 1.29 is 22.5 Å². The number of aromatic nitrogens is 2. The predicted molar refractivity (Wildman–Crippen MR) is 135 cm³/mol. The number of likely N-dealkylation sites (tertiary alicyclic amines) is 1. The Labute approximate surface area is 211 Å². The Morgan fingerprint density at radius 2 is 1.83 bits per heavy atom. The Kier molecular flexibility index (Phi) is 7.14. The van der Waals surface area contributed by atoms with Crippen LogP contribution in [0.4, 0.5) is 4.79 Å². The second-order valence-corrected chi connectivity index (χ2v) is 11.4. The minimum atomic E-state index is -3.72. The van der Waals surface area contributed by atoms with Gasteiger partial charge >= 0.3 is 6.09 Å². The van der Waals surface area contributed by atoms with Crippen LogP contribution >= 0.6 is 0 Å². The number of rotatable bonds is 6. The minimum absolute atomic E-state index is 0.122. The van der Waals surface area contributed by atoms with E-state index < -0.39 is 10.0 Å². The van der Waals surface area contributed by atoms with Gasteiger partial charge in [0.15, 0.2) is 5.58 Å². The maximum Gasteiger partial charge on any atom is 0.410 e. The molecule has 3 heterocycles. The molecule has 3 aromatic rings. The number of amides is 1. The Morgan fingerprint density at radius 3 is 2.56 bits per heavy atom. The van der Waals surface area contributed by atoms with E-state index in [9.17, 15) is 13.2 Å². The van der Waals surface area contributed by atoms with E-state index in [0.29, 0.717) is 54.6 Å². The molecule has 0 N–H and O–H groups in total. The van der Waals surface area contributed by atoms with Crippen molar-refractivity contribution in [2.75, 3.05) is 39.3 Å². The molecule has 2 fully saturated rings. The SMILES string of the molecule is CCN(CC)C(=O)OC1CCCN(C2CCN(S(=O)(=O)c3cc4nnoc4c4ccccc34)CC2)C1. The normalized spacial score (nSPS) is 20.7. The lowest BCUT2D eigenvalue weighted by Gasteiger charge is -2.41. The van der Waals surface area contributed by atoms with Crippen molar-refractivity contribution >= 4 is 38.0 Å². The molecule has 2 aromatic carbocycles. The van der Waals surface area contributed by atoms with Gasteiger partial charge < -0.3 is 14.2 Å². The summed E-state index contributed by atoms with van der Waals surface area (Å²) in [6.07, 6.45) is 2.93. The van der Waals surface area contributed by atoms with Crippen molar-refractivity contribution in [2.45, 2.75) is 56.6 Å². The maximum atomic E-state index is 13.7. The monoisotopic (exact) mass is 515 g/mol. The van der Waals surface area contributed by atoms with Crippen LogP contribution in [0.1, 0.15) is 39.5 Å². The third-order valence-corrected chi connectivity index (χ3v) is 9.41. The number of piperidine rings is 2. The van der Waals surface area contributed by atoms with Gasteiger partial charge in [-0.1, -0.05) is 24.3 Å². The van der Waals surface area contributed by atoms with Crippen LogP contribution in [0.2, 0.25) is 0 Å². The Hall–Kier alpha value is -2.76. The molecule has 0 bridgehead atoms. The highest BCUT2D eigenvalue weighted by atomic mass is 32.2. The summed E-state index contributed by atoms with van der Waals surface area (Å²) in [5.74, 6) is 0. The highest BCUT2D eigenvalue weighted by Crippen LogP contribution is 2.33. The van der Waals surface area contributed by atoms with Crippen molar-refractivity contribution in [3.63, 3.8) is 0 Å². The molecular weight excluding hydrogens is 482 g/mol. The van der Waals surface area contributed by atoms with Crippen molar-refractivity contribution in [2.24, 2.45) is 0 Å². The van der Waals surface area contributed by atoms with Crippen LogP contribution in [0.3, 0.4) is 0 Å². The van der Waals surface area contributed by atoms with Crippen molar-refractivity contribution in [3.8, 4) is 0 Å². The van der Waals surface area contributed by atoms with E-state index in [1.165, 1.54) is 0 Å². The number of carbonyl (C=O) groups is 1. The Bertz CT molecular complexity index is 1330. The number of sulfonamides is 1. The van der Waals surface area contributed by atoms with Crippen LogP contribution in [0, 0.1) is 0 Å². The molecule has 10 nitrogen and oxygen atoms in total. The molecule has 5 rings (SSSR count). The lowest BCUT2D eigenvalue weighted by atomic mass is 10.00. The highest BCUT2D eigenvalue weighted by Gasteiger charge is 2.35. The lowest BCUT2D eigenvalue weighted by molar-refractivity contribution is 0.00366. The van der Waals surface area contributed by atoms with Gasteiger partial charge in [0.1, 0.15) is 11.6 Å². The van der Waals surface area contributed by atoms with E-state index in [1.807, 2.05) is 32.0 Å². The fourth-order valence-electron chi connectivity index (χ4n) is 5.47. The standard InChI is InChI=1S/C25H33N5O5S/c1-3-28(4-2)25(31)34-19-8-7-13-29(17-19)18-11-14-30(15-12-18)36(32,33)23-16-22-24(35-27-26-22)21-10-6-5-9-20(21)23/h5-6,9-10,16,18-19H,3-4,7-8,11-15,17H2,1-2H3. The number of nitrogens with zero attached hydrogens (tertiary/aromatic N) is 5. The number of hydrogen-bond acceptors (Lipinski definition) is 8. The summed E-state index contributed by atoms with van der Waals surface area (Å²) < 4.78 is 40.1. The van der Waals surface area contributed by atoms with Crippen molar-refractivity contribution in [1.82, 2.24) is 24.5 Å². The lowest BCUT2D eigenvalue weighted by Crippen LogP contribution is -2.51. The van der Waals surface area contributed by atoms with Gasteiger partial charge in [-0.2, -0.15) is 4.31 Å². The zero-order valence-corrected chi connectivity index (χ0v) is 21.6. The van der Waals surface area contributed by atoms with Crippen LogP contribution in [0.25, 0.3) is 21.9 Å². The quantitative estimate of drug-likeness (QED) is 0.491. The summed E-state index contributed by atoms with van der Waals surface area (Å²) in [4.78, 5) is 16.7. The van der Waals surface area contributed by atoms with Gasteiger partial charge in [0.25, 0.3) is 0 Å². The van der Waals surface area contributed by atoms with Gasteiger partial charge in [-0.3, -0.25) is 4.90 Å². The maximum absolute atomic E-state index is 13.7. The van der Waals surface area contributed by atoms with E-state index in [0.717, 1.165) is 32.2 Å². The van der Waals surface area contributed by atoms with E-state index in [1.54, 1.807) is 21.3 Å². The molecule has 2 aliphatic rings. The fraction of sp³-hybridized carbons (Fsp3) is 0.560. The van der Waals surface area contributed by atoms with Crippen LogP contribution in [-0.2, 0) is 14.8 Å². The molecule has 2 saturated heterocycles. The topological polar surface area (TPSA) is 109 Å². The number of carbonyl (C=O) groups excluding carboxylic acids is 1. The predicted octanol–water partition coefficient (Wildman–Crippen LogP) is 3.47. The number of fused-ring (bicyclic) bond motifs is 3. The molecule has 2 aliphatic heterocycles. The van der Waals surface area contributed by atoms with Gasteiger partial charge in [-0.25, -0.2) is 13.2 Å². The molecule has 0 radical (unpaired) electrons. The third kappa shape index (κ3) is 4.67. The molecule has 1 aromatic heterocycles. The van der Waals surface area contributed by atoms with Crippen LogP contribution in [0.15, 0.2) is 39.8 Å². The molecule has 0 aliphatic carbocycles. The second kappa shape index (κ2) is 10.3. The van der Waals surface area contributed by atoms with Crippen molar-refractivity contribution in [3.05, 3.63) is 30.3 Å². The van der Waals surface area contributed by atoms with Gasteiger partial charge in [0.2, 0.25) is 10.0 Å². The van der Waals surface area contributed by atoms with Gasteiger partial charge in [0, 0.05) is 54.8 Å². The number of ether oxygens (including phenoxy) is 1. The van der Waals surface area contributed by atoms with Crippen LogP contribution in [-0.4, -0.2) is 90.4 Å². The summed E-state index contributed by atoms with van der Waals surface area (Å²) in [7, 11) is -3.72. The first kappa shape index (κ1) is 24.9. The highest BCUT2D eigenvalue weighted by molar-refractivity contribution is 7.89. The molecule has 0 spiro atoms. The Balaban J connectivity index is 1.27. The summed E-state index contributed by atoms with van der Waals surface area (Å²) >= 11 is 0. The zero-order chi connectivity index (χ0) is 25.3. The van der Waals surface area contributed by atoms with Crippen LogP contribution in [0.5, 0.6) is 0 Å². The van der Waals surface area contributed by atoms with E-state index in [-0.39, 0.29) is 23.1 Å². The van der Waals surface area contributed by atoms with E-state index >= 15 is 0 Å². The molecule has 1 atom stereocenters. The average molecular weight is 516 g/mol. The number of benzene rings is 2. The molecule has 36 heavy (non-hydrogen) atoms. The smallest absolute Gasteiger partial charge is 0.410 e. The molecule has 194 valence electrons.